The van der Waals surface area contributed by atoms with E-state index in [9.17, 15) is 18.0 Å². The Morgan fingerprint density at radius 1 is 1.30 bits per heavy atom. The van der Waals surface area contributed by atoms with Crippen LogP contribution in [0.3, 0.4) is 0 Å². The number of amides is 2. The van der Waals surface area contributed by atoms with Gasteiger partial charge in [-0.3, -0.25) is 4.90 Å². The quantitative estimate of drug-likeness (QED) is 0.849. The van der Waals surface area contributed by atoms with Gasteiger partial charge in [-0.1, -0.05) is 0 Å². The predicted molar refractivity (Wildman–Crippen MR) is 85.8 cm³/mol. The Hall–Kier alpha value is -1.41. The average molecular weight is 347 g/mol. The van der Waals surface area contributed by atoms with E-state index in [-0.39, 0.29) is 18.4 Å². The third-order valence-corrected chi connectivity index (χ3v) is 4.45. The number of halogens is 3. The number of nitrogens with one attached hydrogen (secondary N) is 1. The zero-order valence-corrected chi connectivity index (χ0v) is 13.7. The number of carbonyl (C=O) groups is 1. The van der Waals surface area contributed by atoms with E-state index in [0.717, 1.165) is 0 Å². The second-order valence-electron chi connectivity index (χ2n) is 5.31. The van der Waals surface area contributed by atoms with Crippen LogP contribution in [0.25, 0.3) is 0 Å². The minimum absolute atomic E-state index is 0.267. The van der Waals surface area contributed by atoms with E-state index in [2.05, 4.69) is 5.32 Å². The number of thioether (sulfide) groups is 1. The van der Waals surface area contributed by atoms with Gasteiger partial charge in [-0.15, -0.1) is 11.8 Å². The zero-order chi connectivity index (χ0) is 16.8. The summed E-state index contributed by atoms with van der Waals surface area (Å²) in [6.07, 6.45) is 0.0483. The molecule has 0 atom stereocenters. The summed E-state index contributed by atoms with van der Waals surface area (Å²) in [4.78, 5) is 16.0. The molecule has 2 rings (SSSR count). The van der Waals surface area contributed by atoms with Gasteiger partial charge < -0.3 is 10.2 Å². The number of urea groups is 1. The van der Waals surface area contributed by atoms with Crippen molar-refractivity contribution < 1.29 is 18.0 Å². The van der Waals surface area contributed by atoms with Crippen molar-refractivity contribution in [2.75, 3.05) is 44.3 Å². The Morgan fingerprint density at radius 3 is 2.74 bits per heavy atom. The monoisotopic (exact) mass is 347 g/mol. The molecular formula is C15H20F3N3OS. The third-order valence-electron chi connectivity index (χ3n) is 3.68. The molecule has 8 heteroatoms. The number of nitrogens with zero attached hydrogens (tertiary/aromatic N) is 2. The van der Waals surface area contributed by atoms with Crippen molar-refractivity contribution in [3.8, 4) is 0 Å². The minimum Gasteiger partial charge on any atom is -0.323 e. The molecule has 0 aromatic heterocycles. The number of carbonyl (C=O) groups excluding carboxylic acids is 1. The van der Waals surface area contributed by atoms with Crippen LogP contribution < -0.4 is 5.32 Å². The summed E-state index contributed by atoms with van der Waals surface area (Å²) in [5, 5.41) is 2.66. The molecule has 1 aliphatic heterocycles. The first kappa shape index (κ1) is 17.9. The highest BCUT2D eigenvalue weighted by atomic mass is 32.2. The van der Waals surface area contributed by atoms with Crippen LogP contribution in [0.4, 0.5) is 23.7 Å². The van der Waals surface area contributed by atoms with Gasteiger partial charge in [0, 0.05) is 36.8 Å². The molecule has 1 heterocycles. The third kappa shape index (κ3) is 5.31. The van der Waals surface area contributed by atoms with Gasteiger partial charge in [-0.05, 0) is 30.9 Å². The lowest BCUT2D eigenvalue weighted by atomic mass is 10.3. The van der Waals surface area contributed by atoms with Crippen LogP contribution >= 0.6 is 11.8 Å². The molecule has 2 amide bonds. The second-order valence-corrected chi connectivity index (χ2v) is 6.16. The molecule has 1 aliphatic rings. The first-order chi connectivity index (χ1) is 11.0. The van der Waals surface area contributed by atoms with E-state index in [1.54, 1.807) is 28.2 Å². The summed E-state index contributed by atoms with van der Waals surface area (Å²) in [6, 6.07) is 4.21. The van der Waals surface area contributed by atoms with E-state index in [4.69, 9.17) is 0 Å². The van der Waals surface area contributed by atoms with Crippen LogP contribution in [0.1, 0.15) is 6.42 Å². The molecule has 0 spiro atoms. The van der Waals surface area contributed by atoms with Crippen LogP contribution in [-0.4, -0.2) is 61.2 Å². The maximum absolute atomic E-state index is 13.7. The van der Waals surface area contributed by atoms with Gasteiger partial charge in [0.05, 0.1) is 6.54 Å². The zero-order valence-electron chi connectivity index (χ0n) is 12.9. The molecule has 4 nitrogen and oxygen atoms in total. The van der Waals surface area contributed by atoms with E-state index in [1.165, 1.54) is 17.8 Å². The summed E-state index contributed by atoms with van der Waals surface area (Å²) in [5.41, 5.74) is 0.388. The Labute approximate surface area is 138 Å². The van der Waals surface area contributed by atoms with Crippen molar-refractivity contribution >= 4 is 23.5 Å². The Bertz CT molecular complexity index is 545. The highest BCUT2D eigenvalue weighted by molar-refractivity contribution is 7.98. The molecule has 1 N–H and O–H groups in total. The standard InChI is InChI=1S/C15H20F3N3OS/c1-23-13-4-3-11(9-12(13)16)19-15(22)21-6-2-5-20(7-8-21)10-14(17)18/h3-4,9,14H,2,5-8,10H2,1H3,(H,19,22). The molecule has 1 fully saturated rings. The molecule has 0 radical (unpaired) electrons. The van der Waals surface area contributed by atoms with Crippen LogP contribution in [0.5, 0.6) is 0 Å². The maximum Gasteiger partial charge on any atom is 0.321 e. The lowest BCUT2D eigenvalue weighted by Gasteiger charge is -2.22. The molecule has 1 aromatic carbocycles. The summed E-state index contributed by atoms with van der Waals surface area (Å²) < 4.78 is 38.6. The lowest BCUT2D eigenvalue weighted by molar-refractivity contribution is 0.0905. The first-order valence-electron chi connectivity index (χ1n) is 7.39. The molecule has 0 aliphatic carbocycles. The van der Waals surface area contributed by atoms with Gasteiger partial charge in [0.1, 0.15) is 5.82 Å². The van der Waals surface area contributed by atoms with E-state index < -0.39 is 6.43 Å². The highest BCUT2D eigenvalue weighted by Crippen LogP contribution is 2.22. The van der Waals surface area contributed by atoms with E-state index in [1.807, 2.05) is 0 Å². The van der Waals surface area contributed by atoms with Crippen molar-refractivity contribution in [1.82, 2.24) is 9.80 Å². The molecule has 128 valence electrons. The number of hydrogen-bond donors (Lipinski definition) is 1. The van der Waals surface area contributed by atoms with Gasteiger partial charge >= 0.3 is 6.03 Å². The number of rotatable bonds is 4. The molecule has 1 aromatic rings. The Kier molecular flexibility index (Phi) is 6.59. The first-order valence-corrected chi connectivity index (χ1v) is 8.62. The average Bonchev–Trinajstić information content (AvgIpc) is 2.72. The van der Waals surface area contributed by atoms with Gasteiger partial charge in [0.2, 0.25) is 0 Å². The molecule has 23 heavy (non-hydrogen) atoms. The highest BCUT2D eigenvalue weighted by Gasteiger charge is 2.21. The fourth-order valence-electron chi connectivity index (χ4n) is 2.50. The van der Waals surface area contributed by atoms with Crippen molar-refractivity contribution in [2.24, 2.45) is 0 Å². The van der Waals surface area contributed by atoms with Crippen molar-refractivity contribution in [2.45, 2.75) is 17.7 Å². The van der Waals surface area contributed by atoms with Crippen molar-refractivity contribution in [3.63, 3.8) is 0 Å². The Morgan fingerprint density at radius 2 is 2.09 bits per heavy atom. The molecule has 0 unspecified atom stereocenters. The SMILES string of the molecule is CSc1ccc(NC(=O)N2CCCN(CC(F)F)CC2)cc1F. The minimum atomic E-state index is -2.37. The van der Waals surface area contributed by atoms with Gasteiger partial charge in [-0.2, -0.15) is 0 Å². The van der Waals surface area contributed by atoms with Crippen LogP contribution in [0.15, 0.2) is 23.1 Å². The molecule has 0 bridgehead atoms. The lowest BCUT2D eigenvalue weighted by Crippen LogP contribution is -2.38. The molecule has 1 saturated heterocycles. The van der Waals surface area contributed by atoms with E-state index in [0.29, 0.717) is 43.2 Å². The summed E-state index contributed by atoms with van der Waals surface area (Å²) >= 11 is 1.29. The topological polar surface area (TPSA) is 35.6 Å². The van der Waals surface area contributed by atoms with Gasteiger partial charge in [0.15, 0.2) is 0 Å². The van der Waals surface area contributed by atoms with Crippen molar-refractivity contribution in [3.05, 3.63) is 24.0 Å². The van der Waals surface area contributed by atoms with Crippen molar-refractivity contribution in [1.29, 1.82) is 0 Å². The fraction of sp³-hybridized carbons (Fsp3) is 0.533. The summed E-state index contributed by atoms with van der Waals surface area (Å²) in [6.45, 7) is 1.57. The molecular weight excluding hydrogens is 327 g/mol. The van der Waals surface area contributed by atoms with Crippen LogP contribution in [0, 0.1) is 5.82 Å². The van der Waals surface area contributed by atoms with E-state index >= 15 is 0 Å². The number of benzene rings is 1. The summed E-state index contributed by atoms with van der Waals surface area (Å²) in [5.74, 6) is -0.380. The fourth-order valence-corrected chi connectivity index (χ4v) is 2.96. The number of hydrogen-bond acceptors (Lipinski definition) is 3. The normalized spacial score (nSPS) is 16.5. The summed E-state index contributed by atoms with van der Waals surface area (Å²) in [7, 11) is 0. The molecule has 0 saturated carbocycles. The van der Waals surface area contributed by atoms with Gasteiger partial charge in [0.25, 0.3) is 6.43 Å². The Balaban J connectivity index is 1.91. The largest absolute Gasteiger partial charge is 0.323 e. The number of alkyl halides is 2. The number of anilines is 1. The van der Waals surface area contributed by atoms with Crippen LogP contribution in [-0.2, 0) is 0 Å². The predicted octanol–water partition coefficient (Wildman–Crippen LogP) is 3.35. The van der Waals surface area contributed by atoms with Crippen LogP contribution in [0.2, 0.25) is 0 Å². The second kappa shape index (κ2) is 8.44. The smallest absolute Gasteiger partial charge is 0.321 e. The van der Waals surface area contributed by atoms with Gasteiger partial charge in [-0.25, -0.2) is 18.0 Å². The maximum atomic E-state index is 13.7.